The molecule has 0 aromatic heterocycles. The maximum Gasteiger partial charge on any atom is 0.276 e. The average molecular weight is 294 g/mol. The molecule has 2 aromatic carbocycles. The predicted octanol–water partition coefficient (Wildman–Crippen LogP) is 3.06. The smallest absolute Gasteiger partial charge is 0.276 e. The zero-order chi connectivity index (χ0) is 15.7. The lowest BCUT2D eigenvalue weighted by atomic mass is 9.97. The molecule has 1 N–H and O–H groups in total. The number of nitrogens with zero attached hydrogens (tertiary/aromatic N) is 2. The lowest BCUT2D eigenvalue weighted by Crippen LogP contribution is -2.43. The van der Waals surface area contributed by atoms with Crippen molar-refractivity contribution < 1.29 is 9.90 Å². The second-order valence-corrected chi connectivity index (χ2v) is 5.68. The van der Waals surface area contributed by atoms with E-state index in [1.807, 2.05) is 56.3 Å². The number of hydrazone groups is 1. The summed E-state index contributed by atoms with van der Waals surface area (Å²) >= 11 is 0. The quantitative estimate of drug-likeness (QED) is 0.925. The molecular formula is C18H18N2O2. The Bertz CT molecular complexity index is 740. The minimum Gasteiger partial charge on any atom is -0.365 e. The molecule has 4 nitrogen and oxygen atoms in total. The van der Waals surface area contributed by atoms with Crippen molar-refractivity contribution in [3.63, 3.8) is 0 Å². The first kappa shape index (κ1) is 14.5. The zero-order valence-corrected chi connectivity index (χ0v) is 12.7. The van der Waals surface area contributed by atoms with Crippen LogP contribution in [0.2, 0.25) is 0 Å². The van der Waals surface area contributed by atoms with Gasteiger partial charge in [-0.1, -0.05) is 48.0 Å². The van der Waals surface area contributed by atoms with E-state index in [0.29, 0.717) is 17.5 Å². The van der Waals surface area contributed by atoms with Gasteiger partial charge in [0.15, 0.2) is 5.72 Å². The molecule has 1 aliphatic rings. The Morgan fingerprint density at radius 2 is 1.86 bits per heavy atom. The zero-order valence-electron chi connectivity index (χ0n) is 12.7. The monoisotopic (exact) mass is 294 g/mol. The largest absolute Gasteiger partial charge is 0.365 e. The highest BCUT2D eigenvalue weighted by Gasteiger charge is 2.44. The molecule has 0 radical (unpaired) electrons. The van der Waals surface area contributed by atoms with Crippen LogP contribution in [0.15, 0.2) is 59.7 Å². The first-order chi connectivity index (χ1) is 10.5. The lowest BCUT2D eigenvalue weighted by Gasteiger charge is -2.31. The second-order valence-electron chi connectivity index (χ2n) is 5.68. The maximum absolute atomic E-state index is 12.8. The van der Waals surface area contributed by atoms with E-state index in [4.69, 9.17) is 0 Å². The lowest BCUT2D eigenvalue weighted by molar-refractivity contribution is -0.0765. The molecule has 1 heterocycles. The first-order valence-electron chi connectivity index (χ1n) is 7.24. The third kappa shape index (κ3) is 2.42. The molecule has 0 spiro atoms. The fraction of sp³-hybridized carbons (Fsp3) is 0.222. The third-order valence-corrected chi connectivity index (χ3v) is 3.82. The van der Waals surface area contributed by atoms with Crippen LogP contribution in [-0.2, 0) is 5.72 Å². The molecule has 3 rings (SSSR count). The molecular weight excluding hydrogens is 276 g/mol. The normalized spacial score (nSPS) is 20.9. The van der Waals surface area contributed by atoms with Crippen LogP contribution in [0.1, 0.15) is 34.8 Å². The van der Waals surface area contributed by atoms with E-state index in [0.717, 1.165) is 11.3 Å². The van der Waals surface area contributed by atoms with E-state index < -0.39 is 5.72 Å². The highest BCUT2D eigenvalue weighted by Crippen LogP contribution is 2.36. The van der Waals surface area contributed by atoms with E-state index in [1.165, 1.54) is 5.01 Å². The number of aryl methyl sites for hydroxylation is 1. The van der Waals surface area contributed by atoms with Crippen LogP contribution in [-0.4, -0.2) is 21.7 Å². The van der Waals surface area contributed by atoms with Crippen LogP contribution in [0.3, 0.4) is 0 Å². The fourth-order valence-electron chi connectivity index (χ4n) is 2.76. The van der Waals surface area contributed by atoms with Crippen LogP contribution >= 0.6 is 0 Å². The summed E-state index contributed by atoms with van der Waals surface area (Å²) in [7, 11) is 0. The van der Waals surface area contributed by atoms with E-state index in [9.17, 15) is 9.90 Å². The fourth-order valence-corrected chi connectivity index (χ4v) is 2.76. The van der Waals surface area contributed by atoms with E-state index >= 15 is 0 Å². The SMILES string of the molecule is CC1=NN(C(=O)c2cccc(C)c2)[C@@](O)(c2ccccc2)C1. The Balaban J connectivity index is 2.02. The maximum atomic E-state index is 12.8. The van der Waals surface area contributed by atoms with Gasteiger partial charge in [-0.05, 0) is 26.0 Å². The van der Waals surface area contributed by atoms with Gasteiger partial charge < -0.3 is 5.11 Å². The predicted molar refractivity (Wildman–Crippen MR) is 85.4 cm³/mol. The van der Waals surface area contributed by atoms with Crippen molar-refractivity contribution in [2.75, 3.05) is 0 Å². The number of hydrogen-bond acceptors (Lipinski definition) is 3. The van der Waals surface area contributed by atoms with Gasteiger partial charge >= 0.3 is 0 Å². The van der Waals surface area contributed by atoms with Crippen molar-refractivity contribution in [3.05, 3.63) is 71.3 Å². The van der Waals surface area contributed by atoms with Gasteiger partial charge in [-0.15, -0.1) is 0 Å². The Labute approximate surface area is 129 Å². The third-order valence-electron chi connectivity index (χ3n) is 3.82. The van der Waals surface area contributed by atoms with E-state index in [-0.39, 0.29) is 5.91 Å². The number of carbonyl (C=O) groups is 1. The molecule has 0 fully saturated rings. The standard InChI is InChI=1S/C18H18N2O2/c1-13-7-6-8-15(11-13)17(21)20-18(22,12-14(2)19-20)16-9-4-3-5-10-16/h3-11,22H,12H2,1-2H3/t18-/m0/s1. The number of carbonyl (C=O) groups excluding carboxylic acids is 1. The second kappa shape index (κ2) is 5.39. The molecule has 4 heteroatoms. The van der Waals surface area contributed by atoms with Gasteiger partial charge in [0.1, 0.15) is 0 Å². The topological polar surface area (TPSA) is 52.9 Å². The Kier molecular flexibility index (Phi) is 3.54. The van der Waals surface area contributed by atoms with Crippen molar-refractivity contribution >= 4 is 11.6 Å². The number of benzene rings is 2. The summed E-state index contributed by atoms with van der Waals surface area (Å²) in [6, 6.07) is 16.5. The van der Waals surface area contributed by atoms with Crippen molar-refractivity contribution in [3.8, 4) is 0 Å². The molecule has 0 aliphatic carbocycles. The molecule has 0 saturated carbocycles. The summed E-state index contributed by atoms with van der Waals surface area (Å²) in [5.41, 5.74) is 1.48. The van der Waals surface area contributed by atoms with Gasteiger partial charge in [0.25, 0.3) is 5.91 Å². The van der Waals surface area contributed by atoms with Gasteiger partial charge in [-0.25, -0.2) is 0 Å². The van der Waals surface area contributed by atoms with Crippen molar-refractivity contribution in [1.82, 2.24) is 5.01 Å². The Hall–Kier alpha value is -2.46. The molecule has 1 atom stereocenters. The van der Waals surface area contributed by atoms with E-state index in [1.54, 1.807) is 12.1 Å². The molecule has 0 bridgehead atoms. The van der Waals surface area contributed by atoms with Crippen molar-refractivity contribution in [2.45, 2.75) is 26.0 Å². The molecule has 112 valence electrons. The average Bonchev–Trinajstić information content (AvgIpc) is 2.83. The van der Waals surface area contributed by atoms with Gasteiger partial charge in [0.2, 0.25) is 0 Å². The highest BCUT2D eigenvalue weighted by molar-refractivity contribution is 5.98. The molecule has 22 heavy (non-hydrogen) atoms. The van der Waals surface area contributed by atoms with Crippen LogP contribution in [0.4, 0.5) is 0 Å². The van der Waals surface area contributed by atoms with Gasteiger partial charge in [-0.3, -0.25) is 4.79 Å². The summed E-state index contributed by atoms with van der Waals surface area (Å²) in [6.07, 6.45) is 0.314. The number of hydrogen-bond donors (Lipinski definition) is 1. The van der Waals surface area contributed by atoms with Gasteiger partial charge in [0.05, 0.1) is 0 Å². The molecule has 0 unspecified atom stereocenters. The minimum absolute atomic E-state index is 0.299. The summed E-state index contributed by atoms with van der Waals surface area (Å²) in [6.45, 7) is 3.75. The van der Waals surface area contributed by atoms with Crippen LogP contribution < -0.4 is 0 Å². The number of aliphatic hydroxyl groups is 1. The van der Waals surface area contributed by atoms with Crippen molar-refractivity contribution in [1.29, 1.82) is 0 Å². The Morgan fingerprint density at radius 3 is 2.55 bits per heavy atom. The first-order valence-corrected chi connectivity index (χ1v) is 7.24. The molecule has 1 aliphatic heterocycles. The summed E-state index contributed by atoms with van der Waals surface area (Å²) in [5.74, 6) is -0.299. The van der Waals surface area contributed by atoms with Crippen LogP contribution in [0.5, 0.6) is 0 Å². The van der Waals surface area contributed by atoms with Gasteiger partial charge in [0, 0.05) is 23.3 Å². The van der Waals surface area contributed by atoms with Gasteiger partial charge in [-0.2, -0.15) is 10.1 Å². The summed E-state index contributed by atoms with van der Waals surface area (Å²) < 4.78 is 0. The number of amides is 1. The van der Waals surface area contributed by atoms with Crippen molar-refractivity contribution in [2.24, 2.45) is 5.10 Å². The van der Waals surface area contributed by atoms with E-state index in [2.05, 4.69) is 5.10 Å². The molecule has 0 saturated heterocycles. The molecule has 2 aromatic rings. The Morgan fingerprint density at radius 1 is 1.14 bits per heavy atom. The summed E-state index contributed by atoms with van der Waals surface area (Å²) in [5, 5.41) is 16.6. The molecule has 1 amide bonds. The minimum atomic E-state index is -1.42. The van der Waals surface area contributed by atoms with Crippen LogP contribution in [0.25, 0.3) is 0 Å². The number of rotatable bonds is 2. The van der Waals surface area contributed by atoms with Crippen LogP contribution in [0, 0.1) is 6.92 Å². The highest BCUT2D eigenvalue weighted by atomic mass is 16.3. The summed E-state index contributed by atoms with van der Waals surface area (Å²) in [4.78, 5) is 12.8.